The molecule has 7 nitrogen and oxygen atoms in total. The highest BCUT2D eigenvalue weighted by Gasteiger charge is 2.02. The third kappa shape index (κ3) is 7.78. The highest BCUT2D eigenvalue weighted by atomic mass is 16.5. The van der Waals surface area contributed by atoms with E-state index in [9.17, 15) is 9.59 Å². The van der Waals surface area contributed by atoms with Crippen molar-refractivity contribution in [2.24, 2.45) is 0 Å². The number of urea groups is 1. The molecule has 0 aliphatic heterocycles. The van der Waals surface area contributed by atoms with Crippen molar-refractivity contribution in [2.45, 2.75) is 13.3 Å². The molecule has 1 aromatic carbocycles. The van der Waals surface area contributed by atoms with Gasteiger partial charge in [0.1, 0.15) is 12.4 Å². The Balaban J connectivity index is 2.23. The lowest BCUT2D eigenvalue weighted by Gasteiger charge is -2.09. The van der Waals surface area contributed by atoms with Crippen LogP contribution in [0.2, 0.25) is 0 Å². The summed E-state index contributed by atoms with van der Waals surface area (Å²) in [6.45, 7) is 2.69. The van der Waals surface area contributed by atoms with E-state index in [0.717, 1.165) is 12.2 Å². The van der Waals surface area contributed by atoms with Gasteiger partial charge in [0.15, 0.2) is 0 Å². The monoisotopic (exact) mass is 296 g/mol. The number of benzene rings is 1. The minimum Gasteiger partial charge on any atom is -0.494 e. The first kappa shape index (κ1) is 16.8. The number of hydrogen-bond donors (Lipinski definition) is 3. The number of hydrogen-bond acceptors (Lipinski definition) is 4. The molecule has 0 fully saturated rings. The van der Waals surface area contributed by atoms with Crippen LogP contribution in [0, 0.1) is 0 Å². The second kappa shape index (κ2) is 9.60. The first-order chi connectivity index (χ1) is 10.1. The van der Waals surface area contributed by atoms with Crippen LogP contribution in [0.4, 0.5) is 10.5 Å². The molecule has 0 aliphatic rings. The summed E-state index contributed by atoms with van der Waals surface area (Å²) in [5.74, 6) is -0.283. The van der Waals surface area contributed by atoms with Crippen LogP contribution in [0.3, 0.4) is 0 Å². The fraction of sp³-hybridized carbons (Fsp3) is 0.429. The summed E-state index contributed by atoms with van der Waals surface area (Å²) < 4.78 is 10.2. The van der Waals surface area contributed by atoms with Crippen molar-refractivity contribution in [3.63, 3.8) is 0 Å². The van der Waals surface area contributed by atoms with Crippen LogP contribution in [0.25, 0.3) is 0 Å². The predicted octanol–water partition coefficient (Wildman–Crippen LogP) is 1.70. The molecule has 1 aromatic rings. The Morgan fingerprint density at radius 2 is 1.90 bits per heavy atom. The van der Waals surface area contributed by atoms with Gasteiger partial charge in [-0.05, 0) is 30.7 Å². The number of nitrogens with one attached hydrogen (secondary N) is 2. The molecule has 0 aliphatic carbocycles. The summed E-state index contributed by atoms with van der Waals surface area (Å²) in [5, 5.41) is 13.6. The van der Waals surface area contributed by atoms with Gasteiger partial charge in [-0.15, -0.1) is 0 Å². The SMILES string of the molecule is CCCOc1ccc(NC(=O)NCCOCC(=O)O)cc1. The molecule has 3 N–H and O–H groups in total. The lowest BCUT2D eigenvalue weighted by atomic mass is 10.3. The summed E-state index contributed by atoms with van der Waals surface area (Å²) >= 11 is 0. The van der Waals surface area contributed by atoms with Crippen LogP contribution in [0.5, 0.6) is 5.75 Å². The third-order valence-corrected chi connectivity index (χ3v) is 2.34. The van der Waals surface area contributed by atoms with Gasteiger partial charge in [0.2, 0.25) is 0 Å². The van der Waals surface area contributed by atoms with Crippen LogP contribution in [-0.2, 0) is 9.53 Å². The van der Waals surface area contributed by atoms with Crippen LogP contribution < -0.4 is 15.4 Å². The number of carbonyl (C=O) groups excluding carboxylic acids is 1. The van der Waals surface area contributed by atoms with Crippen LogP contribution in [0.1, 0.15) is 13.3 Å². The molecule has 0 aromatic heterocycles. The Morgan fingerprint density at radius 1 is 1.19 bits per heavy atom. The van der Waals surface area contributed by atoms with Crippen molar-refractivity contribution in [1.82, 2.24) is 5.32 Å². The van der Waals surface area contributed by atoms with E-state index in [1.807, 2.05) is 6.92 Å². The zero-order chi connectivity index (χ0) is 15.5. The van der Waals surface area contributed by atoms with Gasteiger partial charge in [0.25, 0.3) is 0 Å². The summed E-state index contributed by atoms with van der Waals surface area (Å²) in [4.78, 5) is 21.7. The Kier molecular flexibility index (Phi) is 7.67. The van der Waals surface area contributed by atoms with E-state index >= 15 is 0 Å². The molecule has 21 heavy (non-hydrogen) atoms. The Morgan fingerprint density at radius 3 is 2.52 bits per heavy atom. The lowest BCUT2D eigenvalue weighted by Crippen LogP contribution is -2.31. The number of anilines is 1. The molecule has 0 radical (unpaired) electrons. The minimum atomic E-state index is -1.04. The van der Waals surface area contributed by atoms with Crippen LogP contribution in [0.15, 0.2) is 24.3 Å². The maximum absolute atomic E-state index is 11.5. The molecule has 0 spiro atoms. The fourth-order valence-electron chi connectivity index (χ4n) is 1.43. The van der Waals surface area contributed by atoms with Gasteiger partial charge in [-0.25, -0.2) is 9.59 Å². The maximum Gasteiger partial charge on any atom is 0.329 e. The first-order valence-corrected chi connectivity index (χ1v) is 6.69. The van der Waals surface area contributed by atoms with E-state index in [0.29, 0.717) is 12.3 Å². The highest BCUT2D eigenvalue weighted by Crippen LogP contribution is 2.15. The lowest BCUT2D eigenvalue weighted by molar-refractivity contribution is -0.142. The van der Waals surface area contributed by atoms with E-state index in [4.69, 9.17) is 14.6 Å². The highest BCUT2D eigenvalue weighted by molar-refractivity contribution is 5.89. The van der Waals surface area contributed by atoms with E-state index in [2.05, 4.69) is 10.6 Å². The fourth-order valence-corrected chi connectivity index (χ4v) is 1.43. The van der Waals surface area contributed by atoms with Crippen LogP contribution in [-0.4, -0.2) is 43.5 Å². The number of ether oxygens (including phenoxy) is 2. The smallest absolute Gasteiger partial charge is 0.329 e. The number of amides is 2. The molecule has 0 bridgehead atoms. The second-order valence-corrected chi connectivity index (χ2v) is 4.20. The molecule has 0 unspecified atom stereocenters. The zero-order valence-corrected chi connectivity index (χ0v) is 11.9. The first-order valence-electron chi connectivity index (χ1n) is 6.69. The van der Waals surface area contributed by atoms with Gasteiger partial charge in [0, 0.05) is 12.2 Å². The van der Waals surface area contributed by atoms with Gasteiger partial charge < -0.3 is 25.2 Å². The number of carboxylic acids is 1. The molecule has 7 heteroatoms. The second-order valence-electron chi connectivity index (χ2n) is 4.20. The third-order valence-electron chi connectivity index (χ3n) is 2.34. The van der Waals surface area contributed by atoms with Gasteiger partial charge >= 0.3 is 12.0 Å². The van der Waals surface area contributed by atoms with Crippen molar-refractivity contribution in [1.29, 1.82) is 0 Å². The molecule has 0 saturated carbocycles. The molecule has 1 rings (SSSR count). The predicted molar refractivity (Wildman–Crippen MR) is 77.7 cm³/mol. The van der Waals surface area contributed by atoms with Crippen molar-refractivity contribution in [3.05, 3.63) is 24.3 Å². The average Bonchev–Trinajstić information content (AvgIpc) is 2.46. The zero-order valence-electron chi connectivity index (χ0n) is 11.9. The van der Waals surface area contributed by atoms with E-state index in [1.54, 1.807) is 24.3 Å². The molecule has 0 atom stereocenters. The summed E-state index contributed by atoms with van der Waals surface area (Å²) in [5.41, 5.74) is 0.641. The minimum absolute atomic E-state index is 0.142. The Hall–Kier alpha value is -2.28. The number of carboxylic acid groups (broad SMARTS) is 1. The van der Waals surface area contributed by atoms with Gasteiger partial charge in [-0.2, -0.15) is 0 Å². The van der Waals surface area contributed by atoms with Gasteiger partial charge in [-0.3, -0.25) is 0 Å². The normalized spacial score (nSPS) is 9.95. The number of carbonyl (C=O) groups is 2. The van der Waals surface area contributed by atoms with E-state index in [1.165, 1.54) is 0 Å². The van der Waals surface area contributed by atoms with E-state index in [-0.39, 0.29) is 25.8 Å². The summed E-state index contributed by atoms with van der Waals surface area (Å²) in [6, 6.07) is 6.66. The molecule has 0 saturated heterocycles. The molecular weight excluding hydrogens is 276 g/mol. The molecule has 2 amide bonds. The quantitative estimate of drug-likeness (QED) is 0.603. The van der Waals surface area contributed by atoms with Crippen molar-refractivity contribution in [2.75, 3.05) is 31.7 Å². The Bertz CT molecular complexity index is 447. The number of aliphatic carboxylic acids is 1. The standard InChI is InChI=1S/C14H20N2O5/c1-2-8-21-12-5-3-11(4-6-12)16-14(19)15-7-9-20-10-13(17)18/h3-6H,2,7-10H2,1H3,(H,17,18)(H2,15,16,19). The van der Waals surface area contributed by atoms with Crippen molar-refractivity contribution < 1.29 is 24.2 Å². The Labute approximate surface area is 123 Å². The van der Waals surface area contributed by atoms with Crippen molar-refractivity contribution in [3.8, 4) is 5.75 Å². The molecular formula is C14H20N2O5. The molecule has 116 valence electrons. The largest absolute Gasteiger partial charge is 0.494 e. The summed E-state index contributed by atoms with van der Waals surface area (Å²) in [7, 11) is 0. The van der Waals surface area contributed by atoms with Gasteiger partial charge in [0.05, 0.1) is 13.2 Å². The van der Waals surface area contributed by atoms with Crippen molar-refractivity contribution >= 4 is 17.7 Å². The summed E-state index contributed by atoms with van der Waals surface area (Å²) in [6.07, 6.45) is 0.937. The van der Waals surface area contributed by atoms with Gasteiger partial charge in [-0.1, -0.05) is 6.92 Å². The maximum atomic E-state index is 11.5. The average molecular weight is 296 g/mol. The molecule has 0 heterocycles. The number of rotatable bonds is 9. The van der Waals surface area contributed by atoms with E-state index < -0.39 is 5.97 Å². The topological polar surface area (TPSA) is 96.9 Å². The van der Waals surface area contributed by atoms with Crippen LogP contribution >= 0.6 is 0 Å².